The van der Waals surface area contributed by atoms with Crippen LogP contribution < -0.4 is 10.6 Å². The molecular formula is C17H20BrN3O2S. The minimum absolute atomic E-state index is 0.0290. The number of thiazole rings is 1. The number of benzene rings is 1. The molecule has 1 aromatic heterocycles. The zero-order chi connectivity index (χ0) is 17.7. The lowest BCUT2D eigenvalue weighted by atomic mass is 10.1. The lowest BCUT2D eigenvalue weighted by molar-refractivity contribution is -0.126. The highest BCUT2D eigenvalue weighted by Gasteiger charge is 2.15. The molecule has 2 amide bonds. The Hall–Kier alpha value is -1.73. The average molecular weight is 410 g/mol. The lowest BCUT2D eigenvalue weighted by Crippen LogP contribution is -2.46. The van der Waals surface area contributed by atoms with Gasteiger partial charge in [0.25, 0.3) is 0 Å². The molecule has 1 aromatic carbocycles. The number of rotatable bonds is 5. The summed E-state index contributed by atoms with van der Waals surface area (Å²) in [7, 11) is 0. The third-order valence-corrected chi connectivity index (χ3v) is 4.36. The molecule has 7 heteroatoms. The molecule has 0 unspecified atom stereocenters. The van der Waals surface area contributed by atoms with Crippen molar-refractivity contribution in [3.63, 3.8) is 0 Å². The topological polar surface area (TPSA) is 71.1 Å². The van der Waals surface area contributed by atoms with Gasteiger partial charge in [-0.1, -0.05) is 28.1 Å². The first kappa shape index (κ1) is 18.6. The highest BCUT2D eigenvalue weighted by Crippen LogP contribution is 2.26. The Balaban J connectivity index is 1.88. The Labute approximate surface area is 154 Å². The number of halogens is 1. The molecule has 2 rings (SSSR count). The molecule has 0 aliphatic rings. The fraction of sp³-hybridized carbons (Fsp3) is 0.353. The predicted octanol–water partition coefficient (Wildman–Crippen LogP) is 3.15. The van der Waals surface area contributed by atoms with Gasteiger partial charge in [-0.15, -0.1) is 11.3 Å². The van der Waals surface area contributed by atoms with Crippen molar-refractivity contribution >= 4 is 39.1 Å². The number of nitrogens with zero attached hydrogens (tertiary/aromatic N) is 1. The van der Waals surface area contributed by atoms with E-state index in [0.717, 1.165) is 15.0 Å². The Kier molecular flexibility index (Phi) is 6.12. The zero-order valence-corrected chi connectivity index (χ0v) is 16.3. The molecule has 0 fully saturated rings. The standard InChI is InChI=1S/C17H20BrN3O2S/c1-17(2,3)21-15(23)9-19-14(22)8-13-10-24-16(20-13)11-5-4-6-12(18)7-11/h4-7,10H,8-9H2,1-3H3,(H,19,22)(H,21,23). The van der Waals surface area contributed by atoms with Gasteiger partial charge in [-0.3, -0.25) is 9.59 Å². The van der Waals surface area contributed by atoms with Crippen molar-refractivity contribution in [1.29, 1.82) is 0 Å². The van der Waals surface area contributed by atoms with Crippen molar-refractivity contribution in [2.45, 2.75) is 32.7 Å². The lowest BCUT2D eigenvalue weighted by Gasteiger charge is -2.20. The highest BCUT2D eigenvalue weighted by molar-refractivity contribution is 9.10. The Morgan fingerprint density at radius 1 is 1.25 bits per heavy atom. The van der Waals surface area contributed by atoms with E-state index in [4.69, 9.17) is 0 Å². The first-order valence-electron chi connectivity index (χ1n) is 7.51. The smallest absolute Gasteiger partial charge is 0.239 e. The third kappa shape index (κ3) is 6.05. The molecule has 0 saturated heterocycles. The fourth-order valence-corrected chi connectivity index (χ4v) is 3.23. The predicted molar refractivity (Wildman–Crippen MR) is 99.9 cm³/mol. The van der Waals surface area contributed by atoms with Gasteiger partial charge in [0.05, 0.1) is 18.7 Å². The van der Waals surface area contributed by atoms with Crippen LogP contribution in [0.2, 0.25) is 0 Å². The fourth-order valence-electron chi connectivity index (χ4n) is 2.01. The van der Waals surface area contributed by atoms with Crippen LogP contribution >= 0.6 is 27.3 Å². The normalized spacial score (nSPS) is 11.2. The zero-order valence-electron chi connectivity index (χ0n) is 13.9. The summed E-state index contributed by atoms with van der Waals surface area (Å²) < 4.78 is 0.986. The van der Waals surface area contributed by atoms with Crippen LogP contribution in [0, 0.1) is 0 Å². The SMILES string of the molecule is CC(C)(C)NC(=O)CNC(=O)Cc1csc(-c2cccc(Br)c2)n1. The Bertz CT molecular complexity index is 737. The summed E-state index contributed by atoms with van der Waals surface area (Å²) >= 11 is 4.93. The average Bonchev–Trinajstić information content (AvgIpc) is 2.92. The van der Waals surface area contributed by atoms with Crippen LogP contribution in [0.25, 0.3) is 10.6 Å². The third-order valence-electron chi connectivity index (χ3n) is 2.93. The Morgan fingerprint density at radius 2 is 2.00 bits per heavy atom. The number of aromatic nitrogens is 1. The Morgan fingerprint density at radius 3 is 2.67 bits per heavy atom. The monoisotopic (exact) mass is 409 g/mol. The van der Waals surface area contributed by atoms with Gasteiger partial charge in [0.1, 0.15) is 5.01 Å². The van der Waals surface area contributed by atoms with Crippen LogP contribution in [0.4, 0.5) is 0 Å². The number of carbonyl (C=O) groups excluding carboxylic acids is 2. The maximum atomic E-state index is 11.9. The van der Waals surface area contributed by atoms with Gasteiger partial charge >= 0.3 is 0 Å². The van der Waals surface area contributed by atoms with Crippen molar-refractivity contribution < 1.29 is 9.59 Å². The van der Waals surface area contributed by atoms with Crippen LogP contribution in [0.5, 0.6) is 0 Å². The van der Waals surface area contributed by atoms with Gasteiger partial charge in [-0.05, 0) is 32.9 Å². The van der Waals surface area contributed by atoms with E-state index in [1.807, 2.05) is 50.4 Å². The number of hydrogen-bond acceptors (Lipinski definition) is 4. The van der Waals surface area contributed by atoms with E-state index in [2.05, 4.69) is 31.5 Å². The molecular weight excluding hydrogens is 390 g/mol. The summed E-state index contributed by atoms with van der Waals surface area (Å²) in [4.78, 5) is 28.1. The van der Waals surface area contributed by atoms with Crippen LogP contribution in [-0.2, 0) is 16.0 Å². The highest BCUT2D eigenvalue weighted by atomic mass is 79.9. The van der Waals surface area contributed by atoms with Crippen molar-refractivity contribution in [2.24, 2.45) is 0 Å². The molecule has 2 N–H and O–H groups in total. The summed E-state index contributed by atoms with van der Waals surface area (Å²) in [6.07, 6.45) is 0.160. The van der Waals surface area contributed by atoms with Crippen LogP contribution in [0.3, 0.4) is 0 Å². The summed E-state index contributed by atoms with van der Waals surface area (Å²) in [5.74, 6) is -0.422. The quantitative estimate of drug-likeness (QED) is 0.796. The molecule has 0 aliphatic heterocycles. The van der Waals surface area contributed by atoms with E-state index < -0.39 is 0 Å². The number of hydrogen-bond donors (Lipinski definition) is 2. The van der Waals surface area contributed by atoms with E-state index in [1.165, 1.54) is 11.3 Å². The summed E-state index contributed by atoms with van der Waals surface area (Å²) in [6.45, 7) is 5.65. The van der Waals surface area contributed by atoms with Crippen LogP contribution in [-0.4, -0.2) is 28.9 Å². The molecule has 0 radical (unpaired) electrons. The van der Waals surface area contributed by atoms with E-state index in [0.29, 0.717) is 5.69 Å². The van der Waals surface area contributed by atoms with Gasteiger partial charge in [-0.25, -0.2) is 4.98 Å². The van der Waals surface area contributed by atoms with Crippen molar-refractivity contribution in [1.82, 2.24) is 15.6 Å². The van der Waals surface area contributed by atoms with Gasteiger partial charge < -0.3 is 10.6 Å². The largest absolute Gasteiger partial charge is 0.350 e. The van der Waals surface area contributed by atoms with E-state index >= 15 is 0 Å². The molecule has 128 valence electrons. The van der Waals surface area contributed by atoms with Crippen LogP contribution in [0.1, 0.15) is 26.5 Å². The number of carbonyl (C=O) groups is 2. The first-order valence-corrected chi connectivity index (χ1v) is 9.18. The molecule has 0 saturated carbocycles. The first-order chi connectivity index (χ1) is 11.2. The number of amides is 2. The maximum Gasteiger partial charge on any atom is 0.239 e. The molecule has 1 heterocycles. The summed E-state index contributed by atoms with van der Waals surface area (Å²) in [6, 6.07) is 7.86. The summed E-state index contributed by atoms with van der Waals surface area (Å²) in [5, 5.41) is 8.15. The summed E-state index contributed by atoms with van der Waals surface area (Å²) in [5.41, 5.74) is 1.39. The number of nitrogens with one attached hydrogen (secondary N) is 2. The second kappa shape index (κ2) is 7.90. The second-order valence-electron chi connectivity index (χ2n) is 6.41. The minimum atomic E-state index is -0.310. The minimum Gasteiger partial charge on any atom is -0.350 e. The van der Waals surface area contributed by atoms with E-state index in [1.54, 1.807) is 0 Å². The second-order valence-corrected chi connectivity index (χ2v) is 8.18. The van der Waals surface area contributed by atoms with Gasteiger partial charge in [-0.2, -0.15) is 0 Å². The van der Waals surface area contributed by atoms with E-state index in [9.17, 15) is 9.59 Å². The van der Waals surface area contributed by atoms with Crippen molar-refractivity contribution in [3.8, 4) is 10.6 Å². The van der Waals surface area contributed by atoms with Gasteiger partial charge in [0.2, 0.25) is 11.8 Å². The molecule has 2 aromatic rings. The molecule has 0 bridgehead atoms. The molecule has 0 spiro atoms. The maximum absolute atomic E-state index is 11.9. The molecule has 0 atom stereocenters. The molecule has 24 heavy (non-hydrogen) atoms. The van der Waals surface area contributed by atoms with Gasteiger partial charge in [0, 0.05) is 21.0 Å². The van der Waals surface area contributed by atoms with Crippen LogP contribution in [0.15, 0.2) is 34.1 Å². The van der Waals surface area contributed by atoms with E-state index in [-0.39, 0.29) is 30.3 Å². The molecule has 5 nitrogen and oxygen atoms in total. The van der Waals surface area contributed by atoms with Gasteiger partial charge in [0.15, 0.2) is 0 Å². The van der Waals surface area contributed by atoms with Crippen molar-refractivity contribution in [3.05, 3.63) is 39.8 Å². The molecule has 0 aliphatic carbocycles. The van der Waals surface area contributed by atoms with Crippen molar-refractivity contribution in [2.75, 3.05) is 6.54 Å².